The van der Waals surface area contributed by atoms with Crippen molar-refractivity contribution in [1.82, 2.24) is 4.90 Å². The molecule has 1 aliphatic heterocycles. The number of furan rings is 2. The zero-order chi connectivity index (χ0) is 20.5. The number of nitrogens with zero attached hydrogens (tertiary/aromatic N) is 1. The van der Waals surface area contributed by atoms with Crippen molar-refractivity contribution in [3.8, 4) is 0 Å². The molecule has 1 aromatic carbocycles. The third-order valence-corrected chi connectivity index (χ3v) is 4.96. The molecule has 2 aromatic heterocycles. The Balaban J connectivity index is 1.58. The highest BCUT2D eigenvalue weighted by atomic mass is 19.1. The molecule has 1 fully saturated rings. The van der Waals surface area contributed by atoms with E-state index < -0.39 is 23.8 Å². The molecule has 1 saturated heterocycles. The van der Waals surface area contributed by atoms with E-state index in [4.69, 9.17) is 14.6 Å². The summed E-state index contributed by atoms with van der Waals surface area (Å²) in [7, 11) is 0. The minimum atomic E-state index is -1.63. The monoisotopic (exact) mass is 405 g/mol. The number of carbonyl (C=O) groups excluding carboxylic acids is 1. The Kier molecular flexibility index (Phi) is 5.35. The Labute approximate surface area is 165 Å². The molecule has 1 unspecified atom stereocenters. The maximum Gasteiger partial charge on any atom is 0.291 e. The Bertz CT molecular complexity index is 1040. The molecular weight excluding hydrogens is 384 g/mol. The summed E-state index contributed by atoms with van der Waals surface area (Å²) < 4.78 is 38.5. The van der Waals surface area contributed by atoms with E-state index in [0.29, 0.717) is 18.4 Å². The molecule has 0 aliphatic carbocycles. The summed E-state index contributed by atoms with van der Waals surface area (Å²) >= 11 is 0. The van der Waals surface area contributed by atoms with E-state index in [1.54, 1.807) is 6.07 Å². The van der Waals surface area contributed by atoms with Gasteiger partial charge in [0.1, 0.15) is 11.6 Å². The van der Waals surface area contributed by atoms with Gasteiger partial charge in [-0.2, -0.15) is 0 Å². The fourth-order valence-corrected chi connectivity index (χ4v) is 3.58. The van der Waals surface area contributed by atoms with Crippen LogP contribution in [0, 0.1) is 11.6 Å². The summed E-state index contributed by atoms with van der Waals surface area (Å²) in [4.78, 5) is 14.9. The van der Waals surface area contributed by atoms with Gasteiger partial charge in [-0.15, -0.1) is 0 Å². The number of likely N-dealkylation sites (tertiary alicyclic amines) is 1. The molecule has 154 valence electrons. The van der Waals surface area contributed by atoms with Crippen molar-refractivity contribution in [3.63, 3.8) is 0 Å². The van der Waals surface area contributed by atoms with Crippen LogP contribution in [0.25, 0.3) is 11.0 Å². The third kappa shape index (κ3) is 4.02. The van der Waals surface area contributed by atoms with E-state index in [9.17, 15) is 18.7 Å². The van der Waals surface area contributed by atoms with Crippen molar-refractivity contribution >= 4 is 22.6 Å². The lowest BCUT2D eigenvalue weighted by atomic mass is 10.1. The minimum absolute atomic E-state index is 0.0284. The zero-order valence-corrected chi connectivity index (χ0v) is 15.6. The van der Waals surface area contributed by atoms with Gasteiger partial charge in [0.05, 0.1) is 17.6 Å². The van der Waals surface area contributed by atoms with Crippen LogP contribution in [0.3, 0.4) is 0 Å². The number of aliphatic hydroxyl groups is 1. The molecule has 0 spiro atoms. The standard InChI is InChI=1S/C20H21F2N3O4/c21-11-8-13-16(18(19(23)26)29-17(13)14(22)9-11)24-20(27)15-5-4-12(28-15)10-25-6-2-1-3-7-25/h4-5,8-9,19,26H,1-3,6-7,10,23H2,(H,24,27). The number of benzene rings is 1. The first kappa shape index (κ1) is 19.6. The van der Waals surface area contributed by atoms with Crippen LogP contribution >= 0.6 is 0 Å². The molecule has 7 nitrogen and oxygen atoms in total. The average Bonchev–Trinajstić information content (AvgIpc) is 3.28. The van der Waals surface area contributed by atoms with Crippen molar-refractivity contribution in [3.05, 3.63) is 53.2 Å². The molecule has 3 aromatic rings. The number of fused-ring (bicyclic) bond motifs is 1. The van der Waals surface area contributed by atoms with Gasteiger partial charge in [0.15, 0.2) is 29.1 Å². The van der Waals surface area contributed by atoms with Crippen molar-refractivity contribution in [1.29, 1.82) is 0 Å². The van der Waals surface area contributed by atoms with Crippen LogP contribution in [0.4, 0.5) is 14.5 Å². The largest absolute Gasteiger partial charge is 0.455 e. The second-order valence-corrected chi connectivity index (χ2v) is 7.11. The van der Waals surface area contributed by atoms with Gasteiger partial charge in [-0.05, 0) is 44.1 Å². The SMILES string of the molecule is NC(O)c1oc2c(F)cc(F)cc2c1NC(=O)c1ccc(CN2CCCCC2)o1. The van der Waals surface area contributed by atoms with E-state index in [1.807, 2.05) is 0 Å². The maximum atomic E-state index is 14.0. The lowest BCUT2D eigenvalue weighted by Crippen LogP contribution is -2.28. The van der Waals surface area contributed by atoms with Crippen LogP contribution < -0.4 is 11.1 Å². The molecule has 0 saturated carbocycles. The Hall–Kier alpha value is -2.75. The predicted molar refractivity (Wildman–Crippen MR) is 101 cm³/mol. The normalized spacial score (nSPS) is 16.3. The van der Waals surface area contributed by atoms with E-state index in [0.717, 1.165) is 32.0 Å². The van der Waals surface area contributed by atoms with Crippen LogP contribution in [0.5, 0.6) is 0 Å². The maximum absolute atomic E-state index is 14.0. The summed E-state index contributed by atoms with van der Waals surface area (Å²) in [5.74, 6) is -2.08. The van der Waals surface area contributed by atoms with Gasteiger partial charge in [-0.25, -0.2) is 8.78 Å². The van der Waals surface area contributed by atoms with Crippen LogP contribution in [0.1, 0.15) is 47.6 Å². The van der Waals surface area contributed by atoms with Crippen LogP contribution in [-0.4, -0.2) is 29.0 Å². The van der Waals surface area contributed by atoms with Crippen molar-refractivity contribution in [2.75, 3.05) is 18.4 Å². The summed E-state index contributed by atoms with van der Waals surface area (Å²) in [6.45, 7) is 2.57. The smallest absolute Gasteiger partial charge is 0.291 e. The molecule has 29 heavy (non-hydrogen) atoms. The number of carbonyl (C=O) groups is 1. The molecule has 1 amide bonds. The lowest BCUT2D eigenvalue weighted by molar-refractivity contribution is 0.0991. The van der Waals surface area contributed by atoms with E-state index in [2.05, 4.69) is 10.2 Å². The Morgan fingerprint density at radius 3 is 2.69 bits per heavy atom. The quantitative estimate of drug-likeness (QED) is 0.561. The van der Waals surface area contributed by atoms with Crippen molar-refractivity contribution in [2.45, 2.75) is 32.0 Å². The summed E-state index contributed by atoms with van der Waals surface area (Å²) in [5, 5.41) is 12.2. The second-order valence-electron chi connectivity index (χ2n) is 7.11. The van der Waals surface area contributed by atoms with Gasteiger partial charge in [0.2, 0.25) is 0 Å². The van der Waals surface area contributed by atoms with Crippen molar-refractivity contribution in [2.24, 2.45) is 5.73 Å². The minimum Gasteiger partial charge on any atom is -0.455 e. The van der Waals surface area contributed by atoms with Crippen LogP contribution in [0.15, 0.2) is 33.1 Å². The van der Waals surface area contributed by atoms with Crippen LogP contribution in [-0.2, 0) is 6.54 Å². The molecule has 4 rings (SSSR count). The molecule has 9 heteroatoms. The third-order valence-electron chi connectivity index (χ3n) is 4.96. The number of aliphatic hydroxyl groups excluding tert-OH is 1. The first-order valence-electron chi connectivity index (χ1n) is 9.40. The molecule has 1 aliphatic rings. The topological polar surface area (TPSA) is 105 Å². The highest BCUT2D eigenvalue weighted by Crippen LogP contribution is 2.36. The number of anilines is 1. The van der Waals surface area contributed by atoms with Gasteiger partial charge in [-0.3, -0.25) is 15.4 Å². The Morgan fingerprint density at radius 1 is 1.21 bits per heavy atom. The fraction of sp³-hybridized carbons (Fsp3) is 0.350. The fourth-order valence-electron chi connectivity index (χ4n) is 3.58. The number of nitrogens with one attached hydrogen (secondary N) is 1. The Morgan fingerprint density at radius 2 is 1.97 bits per heavy atom. The molecule has 0 radical (unpaired) electrons. The number of hydrogen-bond donors (Lipinski definition) is 3. The number of nitrogens with two attached hydrogens (primary N) is 1. The first-order chi connectivity index (χ1) is 13.9. The predicted octanol–water partition coefficient (Wildman–Crippen LogP) is 3.49. The van der Waals surface area contributed by atoms with Gasteiger partial charge >= 0.3 is 0 Å². The molecule has 3 heterocycles. The van der Waals surface area contributed by atoms with Gasteiger partial charge < -0.3 is 19.3 Å². The molecular formula is C20H21F2N3O4. The highest BCUT2D eigenvalue weighted by molar-refractivity contribution is 6.08. The summed E-state index contributed by atoms with van der Waals surface area (Å²) in [6, 6.07) is 4.88. The number of hydrogen-bond acceptors (Lipinski definition) is 6. The first-order valence-corrected chi connectivity index (χ1v) is 9.40. The number of amides is 1. The average molecular weight is 405 g/mol. The highest BCUT2D eigenvalue weighted by Gasteiger charge is 2.25. The number of halogens is 2. The summed E-state index contributed by atoms with van der Waals surface area (Å²) in [5.41, 5.74) is 5.04. The zero-order valence-electron chi connectivity index (χ0n) is 15.6. The summed E-state index contributed by atoms with van der Waals surface area (Å²) in [6.07, 6.45) is 1.86. The van der Waals surface area contributed by atoms with Gasteiger partial charge in [0.25, 0.3) is 5.91 Å². The molecule has 1 atom stereocenters. The van der Waals surface area contributed by atoms with Crippen LogP contribution in [0.2, 0.25) is 0 Å². The van der Waals surface area contributed by atoms with E-state index >= 15 is 0 Å². The van der Waals surface area contributed by atoms with E-state index in [1.165, 1.54) is 12.5 Å². The molecule has 0 bridgehead atoms. The molecule has 4 N–H and O–H groups in total. The number of rotatable bonds is 5. The lowest BCUT2D eigenvalue weighted by Gasteiger charge is -2.25. The number of piperidine rings is 1. The second kappa shape index (κ2) is 7.94. The van der Waals surface area contributed by atoms with Crippen molar-refractivity contribution < 1.29 is 27.5 Å². The van der Waals surface area contributed by atoms with E-state index in [-0.39, 0.29) is 28.2 Å². The van der Waals surface area contributed by atoms with Gasteiger partial charge in [0, 0.05) is 6.07 Å². The van der Waals surface area contributed by atoms with Gasteiger partial charge in [-0.1, -0.05) is 6.42 Å².